The van der Waals surface area contributed by atoms with Crippen molar-refractivity contribution >= 4 is 23.4 Å². The molecule has 0 aromatic heterocycles. The molecule has 6 nitrogen and oxygen atoms in total. The van der Waals surface area contributed by atoms with Crippen molar-refractivity contribution in [1.29, 1.82) is 0 Å². The smallest absolute Gasteiger partial charge is 0.243 e. The van der Waals surface area contributed by atoms with Crippen LogP contribution in [-0.4, -0.2) is 35.7 Å². The SMILES string of the molecule is Cc1cccc(NC(=O)CNC(=O)CN(Cc2ccccc2)C(=O)Cc2ccccc2)c1. The van der Waals surface area contributed by atoms with E-state index < -0.39 is 0 Å². The number of rotatable bonds is 9. The van der Waals surface area contributed by atoms with Crippen LogP contribution < -0.4 is 10.6 Å². The maximum Gasteiger partial charge on any atom is 0.243 e. The second kappa shape index (κ2) is 11.5. The van der Waals surface area contributed by atoms with Gasteiger partial charge in [0.1, 0.15) is 0 Å². The number of carbonyl (C=O) groups excluding carboxylic acids is 3. The largest absolute Gasteiger partial charge is 0.345 e. The first-order chi connectivity index (χ1) is 15.5. The Labute approximate surface area is 188 Å². The minimum atomic E-state index is -0.387. The monoisotopic (exact) mass is 429 g/mol. The molecular weight excluding hydrogens is 402 g/mol. The fourth-order valence-corrected chi connectivity index (χ4v) is 3.25. The summed E-state index contributed by atoms with van der Waals surface area (Å²) in [5, 5.41) is 5.36. The van der Waals surface area contributed by atoms with Crippen LogP contribution in [0.5, 0.6) is 0 Å². The van der Waals surface area contributed by atoms with Crippen LogP contribution in [0, 0.1) is 6.92 Å². The normalized spacial score (nSPS) is 10.3. The summed E-state index contributed by atoms with van der Waals surface area (Å²) in [5.41, 5.74) is 3.51. The lowest BCUT2D eigenvalue weighted by Crippen LogP contribution is -2.43. The van der Waals surface area contributed by atoms with Gasteiger partial charge in [0.05, 0.1) is 19.5 Å². The first-order valence-corrected chi connectivity index (χ1v) is 10.5. The Hall–Kier alpha value is -3.93. The lowest BCUT2D eigenvalue weighted by atomic mass is 10.1. The molecule has 3 aromatic carbocycles. The van der Waals surface area contributed by atoms with Crippen LogP contribution in [0.15, 0.2) is 84.9 Å². The average molecular weight is 430 g/mol. The highest BCUT2D eigenvalue weighted by Crippen LogP contribution is 2.10. The minimum Gasteiger partial charge on any atom is -0.345 e. The van der Waals surface area contributed by atoms with Crippen LogP contribution in [0.2, 0.25) is 0 Å². The third kappa shape index (κ3) is 7.40. The third-order valence-electron chi connectivity index (χ3n) is 4.85. The third-order valence-corrected chi connectivity index (χ3v) is 4.85. The van der Waals surface area contributed by atoms with Crippen LogP contribution in [0.4, 0.5) is 5.69 Å². The summed E-state index contributed by atoms with van der Waals surface area (Å²) in [6, 6.07) is 26.4. The van der Waals surface area contributed by atoms with E-state index in [2.05, 4.69) is 10.6 Å². The van der Waals surface area contributed by atoms with Crippen molar-refractivity contribution in [2.24, 2.45) is 0 Å². The fraction of sp³-hybridized carbons (Fsp3) is 0.192. The van der Waals surface area contributed by atoms with Crippen molar-refractivity contribution in [1.82, 2.24) is 10.2 Å². The number of amides is 3. The molecule has 2 N–H and O–H groups in total. The Morgan fingerprint density at radius 1 is 0.781 bits per heavy atom. The molecule has 0 radical (unpaired) electrons. The van der Waals surface area contributed by atoms with Gasteiger partial charge in [-0.05, 0) is 35.7 Å². The Bertz CT molecular complexity index is 1050. The van der Waals surface area contributed by atoms with Gasteiger partial charge in [0.25, 0.3) is 0 Å². The van der Waals surface area contributed by atoms with Gasteiger partial charge in [-0.3, -0.25) is 14.4 Å². The molecule has 0 saturated heterocycles. The van der Waals surface area contributed by atoms with E-state index in [1.165, 1.54) is 4.90 Å². The van der Waals surface area contributed by atoms with Gasteiger partial charge in [-0.1, -0.05) is 72.8 Å². The molecule has 0 aliphatic rings. The summed E-state index contributed by atoms with van der Waals surface area (Å²) in [7, 11) is 0. The van der Waals surface area contributed by atoms with Gasteiger partial charge in [0.2, 0.25) is 17.7 Å². The molecule has 3 rings (SSSR count). The van der Waals surface area contributed by atoms with E-state index in [1.54, 1.807) is 6.07 Å². The Balaban J connectivity index is 1.58. The summed E-state index contributed by atoms with van der Waals surface area (Å²) < 4.78 is 0. The molecule has 164 valence electrons. The first-order valence-electron chi connectivity index (χ1n) is 10.5. The number of hydrogen-bond acceptors (Lipinski definition) is 3. The second-order valence-corrected chi connectivity index (χ2v) is 7.59. The molecule has 3 aromatic rings. The lowest BCUT2D eigenvalue weighted by Gasteiger charge is -2.22. The molecule has 0 aliphatic heterocycles. The number of benzene rings is 3. The Kier molecular flexibility index (Phi) is 8.15. The Morgan fingerprint density at radius 2 is 1.44 bits per heavy atom. The van der Waals surface area contributed by atoms with E-state index in [-0.39, 0.29) is 37.2 Å². The minimum absolute atomic E-state index is 0.127. The van der Waals surface area contributed by atoms with Gasteiger partial charge in [-0.15, -0.1) is 0 Å². The molecule has 32 heavy (non-hydrogen) atoms. The molecule has 0 heterocycles. The predicted molar refractivity (Wildman–Crippen MR) is 125 cm³/mol. The maximum atomic E-state index is 12.9. The van der Waals surface area contributed by atoms with Crippen LogP contribution in [0.25, 0.3) is 0 Å². The van der Waals surface area contributed by atoms with E-state index in [1.807, 2.05) is 85.8 Å². The van der Waals surface area contributed by atoms with Crippen molar-refractivity contribution in [2.75, 3.05) is 18.4 Å². The van der Waals surface area contributed by atoms with Crippen molar-refractivity contribution in [2.45, 2.75) is 19.9 Å². The molecular formula is C26H27N3O3. The van der Waals surface area contributed by atoms with E-state index in [9.17, 15) is 14.4 Å². The number of nitrogens with zero attached hydrogens (tertiary/aromatic N) is 1. The van der Waals surface area contributed by atoms with Gasteiger partial charge in [0.15, 0.2) is 0 Å². The summed E-state index contributed by atoms with van der Waals surface area (Å²) in [6.45, 7) is 1.96. The van der Waals surface area contributed by atoms with Crippen molar-refractivity contribution < 1.29 is 14.4 Å². The average Bonchev–Trinajstić information content (AvgIpc) is 2.79. The zero-order valence-corrected chi connectivity index (χ0v) is 18.1. The molecule has 0 atom stereocenters. The number of carbonyl (C=O) groups is 3. The summed E-state index contributed by atoms with van der Waals surface area (Å²) in [4.78, 5) is 39.1. The van der Waals surface area contributed by atoms with Crippen LogP contribution in [-0.2, 0) is 27.3 Å². The summed E-state index contributed by atoms with van der Waals surface area (Å²) >= 11 is 0. The quantitative estimate of drug-likeness (QED) is 0.548. The van der Waals surface area contributed by atoms with E-state index >= 15 is 0 Å². The van der Waals surface area contributed by atoms with E-state index in [4.69, 9.17) is 0 Å². The highest BCUT2D eigenvalue weighted by atomic mass is 16.2. The number of aryl methyl sites for hydroxylation is 1. The molecule has 0 unspecified atom stereocenters. The van der Waals surface area contributed by atoms with Crippen molar-refractivity contribution in [3.8, 4) is 0 Å². The van der Waals surface area contributed by atoms with Gasteiger partial charge < -0.3 is 15.5 Å². The van der Waals surface area contributed by atoms with Crippen molar-refractivity contribution in [3.05, 3.63) is 102 Å². The zero-order valence-electron chi connectivity index (χ0n) is 18.1. The Morgan fingerprint density at radius 3 is 2.09 bits per heavy atom. The maximum absolute atomic E-state index is 12.9. The van der Waals surface area contributed by atoms with Crippen LogP contribution in [0.3, 0.4) is 0 Å². The predicted octanol–water partition coefficient (Wildman–Crippen LogP) is 3.32. The molecule has 0 aliphatic carbocycles. The molecule has 3 amide bonds. The molecule has 6 heteroatoms. The highest BCUT2D eigenvalue weighted by Gasteiger charge is 2.18. The standard InChI is InChI=1S/C26H27N3O3/c1-20-9-8-14-23(15-20)28-24(30)17-27-25(31)19-29(18-22-12-6-3-7-13-22)26(32)16-21-10-4-2-5-11-21/h2-15H,16-19H2,1H3,(H,27,31)(H,28,30). The number of anilines is 1. The number of hydrogen-bond donors (Lipinski definition) is 2. The number of nitrogens with one attached hydrogen (secondary N) is 2. The second-order valence-electron chi connectivity index (χ2n) is 7.59. The first kappa shape index (κ1) is 22.7. The summed E-state index contributed by atoms with van der Waals surface area (Å²) in [5.74, 6) is -0.865. The fourth-order valence-electron chi connectivity index (χ4n) is 3.25. The van der Waals surface area contributed by atoms with E-state index in [0.29, 0.717) is 12.2 Å². The van der Waals surface area contributed by atoms with Gasteiger partial charge in [-0.25, -0.2) is 0 Å². The molecule has 0 spiro atoms. The van der Waals surface area contributed by atoms with E-state index in [0.717, 1.165) is 16.7 Å². The topological polar surface area (TPSA) is 78.5 Å². The molecule has 0 fully saturated rings. The van der Waals surface area contributed by atoms with Gasteiger partial charge >= 0.3 is 0 Å². The molecule has 0 bridgehead atoms. The van der Waals surface area contributed by atoms with Gasteiger partial charge in [-0.2, -0.15) is 0 Å². The van der Waals surface area contributed by atoms with Crippen molar-refractivity contribution in [3.63, 3.8) is 0 Å². The van der Waals surface area contributed by atoms with Crippen LogP contribution >= 0.6 is 0 Å². The zero-order chi connectivity index (χ0) is 22.8. The molecule has 0 saturated carbocycles. The highest BCUT2D eigenvalue weighted by molar-refractivity contribution is 5.95. The van der Waals surface area contributed by atoms with Crippen LogP contribution in [0.1, 0.15) is 16.7 Å². The lowest BCUT2D eigenvalue weighted by molar-refractivity contribution is -0.136. The van der Waals surface area contributed by atoms with Gasteiger partial charge in [0, 0.05) is 12.2 Å². The summed E-state index contributed by atoms with van der Waals surface area (Å²) in [6.07, 6.45) is 0.203.